The Morgan fingerprint density at radius 1 is 1.00 bits per heavy atom. The number of hydrogen-bond donors (Lipinski definition) is 2. The molecule has 5 heteroatoms. The fourth-order valence-corrected chi connectivity index (χ4v) is 1.61. The van der Waals surface area contributed by atoms with E-state index in [0.29, 0.717) is 45.1 Å². The highest BCUT2D eigenvalue weighted by atomic mass is 16.5. The third-order valence-corrected chi connectivity index (χ3v) is 2.42. The molecule has 0 fully saturated rings. The van der Waals surface area contributed by atoms with Crippen LogP contribution in [0, 0.1) is 11.3 Å². The Morgan fingerprint density at radius 3 is 1.95 bits per heavy atom. The summed E-state index contributed by atoms with van der Waals surface area (Å²) in [5, 5.41) is 5.61. The molecule has 0 bridgehead atoms. The third kappa shape index (κ3) is 13.3. The molecule has 5 nitrogen and oxygen atoms in total. The van der Waals surface area contributed by atoms with Crippen molar-refractivity contribution < 1.29 is 14.3 Å². The summed E-state index contributed by atoms with van der Waals surface area (Å²) < 4.78 is 5.34. The molecule has 0 aliphatic heterocycles. The molecule has 0 atom stereocenters. The lowest BCUT2D eigenvalue weighted by Gasteiger charge is -2.17. The summed E-state index contributed by atoms with van der Waals surface area (Å²) >= 11 is 0. The van der Waals surface area contributed by atoms with E-state index in [4.69, 9.17) is 4.74 Å². The van der Waals surface area contributed by atoms with Crippen LogP contribution in [0.5, 0.6) is 0 Å². The molecule has 0 aliphatic rings. The van der Waals surface area contributed by atoms with Crippen molar-refractivity contribution in [1.82, 2.24) is 10.6 Å². The largest absolute Gasteiger partial charge is 0.378 e. The minimum Gasteiger partial charge on any atom is -0.378 e. The minimum atomic E-state index is 0.00559. The number of amides is 2. The van der Waals surface area contributed by atoms with Gasteiger partial charge in [-0.25, -0.2) is 0 Å². The summed E-state index contributed by atoms with van der Waals surface area (Å²) in [6.07, 6.45) is 1.06. The molecule has 20 heavy (non-hydrogen) atoms. The molecular weight excluding hydrogens is 256 g/mol. The molecule has 0 rings (SSSR count). The molecule has 0 heterocycles. The van der Waals surface area contributed by atoms with Crippen molar-refractivity contribution in [2.75, 3.05) is 26.3 Å². The molecule has 0 radical (unpaired) electrons. The molecule has 0 aromatic heterocycles. The average molecular weight is 286 g/mol. The molecule has 118 valence electrons. The van der Waals surface area contributed by atoms with Crippen molar-refractivity contribution in [3.05, 3.63) is 0 Å². The topological polar surface area (TPSA) is 67.4 Å². The molecule has 0 spiro atoms. The highest BCUT2D eigenvalue weighted by Gasteiger charge is 2.15. The van der Waals surface area contributed by atoms with Crippen LogP contribution in [-0.4, -0.2) is 38.1 Å². The van der Waals surface area contributed by atoms with Gasteiger partial charge in [-0.15, -0.1) is 0 Å². The Labute approximate surface area is 122 Å². The van der Waals surface area contributed by atoms with Gasteiger partial charge in [0.25, 0.3) is 0 Å². The van der Waals surface area contributed by atoms with Gasteiger partial charge in [0.15, 0.2) is 0 Å². The Bertz CT molecular complexity index is 296. The van der Waals surface area contributed by atoms with E-state index in [-0.39, 0.29) is 17.2 Å². The van der Waals surface area contributed by atoms with Crippen LogP contribution < -0.4 is 10.6 Å². The standard InChI is InChI=1S/C15H30N2O3/c1-12(2)10-13(18)16-6-8-20-9-7-17-14(19)11-15(3,4)5/h12H,6-11H2,1-5H3,(H,16,18)(H,17,19). The highest BCUT2D eigenvalue weighted by Crippen LogP contribution is 2.17. The predicted molar refractivity (Wildman–Crippen MR) is 80.4 cm³/mol. The first-order valence-corrected chi connectivity index (χ1v) is 7.32. The van der Waals surface area contributed by atoms with Gasteiger partial charge >= 0.3 is 0 Å². The number of rotatable bonds is 9. The smallest absolute Gasteiger partial charge is 0.220 e. The minimum absolute atomic E-state index is 0.00559. The van der Waals surface area contributed by atoms with Crippen LogP contribution in [0.3, 0.4) is 0 Å². The maximum absolute atomic E-state index is 11.5. The molecular formula is C15H30N2O3. The second-order valence-corrected chi connectivity index (χ2v) is 6.65. The molecule has 0 aromatic rings. The first-order chi connectivity index (χ1) is 9.20. The van der Waals surface area contributed by atoms with Crippen LogP contribution in [-0.2, 0) is 14.3 Å². The van der Waals surface area contributed by atoms with E-state index >= 15 is 0 Å². The van der Waals surface area contributed by atoms with Crippen LogP contribution in [0.2, 0.25) is 0 Å². The third-order valence-electron chi connectivity index (χ3n) is 2.42. The zero-order chi connectivity index (χ0) is 15.6. The fourth-order valence-electron chi connectivity index (χ4n) is 1.61. The Balaban J connectivity index is 3.41. The zero-order valence-electron chi connectivity index (χ0n) is 13.5. The molecule has 0 aromatic carbocycles. The van der Waals surface area contributed by atoms with Crippen LogP contribution in [0.1, 0.15) is 47.5 Å². The normalized spacial score (nSPS) is 11.5. The lowest BCUT2D eigenvalue weighted by molar-refractivity contribution is -0.123. The Hall–Kier alpha value is -1.10. The average Bonchev–Trinajstić information content (AvgIpc) is 2.24. The number of hydrogen-bond acceptors (Lipinski definition) is 3. The summed E-state index contributed by atoms with van der Waals surface area (Å²) in [5.74, 6) is 0.474. The van der Waals surface area contributed by atoms with Gasteiger partial charge in [0.2, 0.25) is 11.8 Å². The van der Waals surface area contributed by atoms with Gasteiger partial charge in [0.1, 0.15) is 0 Å². The van der Waals surface area contributed by atoms with Crippen molar-refractivity contribution in [3.63, 3.8) is 0 Å². The zero-order valence-corrected chi connectivity index (χ0v) is 13.5. The summed E-state index contributed by atoms with van der Waals surface area (Å²) in [6.45, 7) is 12.1. The summed E-state index contributed by atoms with van der Waals surface area (Å²) in [5.41, 5.74) is 0.00559. The van der Waals surface area contributed by atoms with Crippen molar-refractivity contribution >= 4 is 11.8 Å². The van der Waals surface area contributed by atoms with Gasteiger partial charge in [0, 0.05) is 25.9 Å². The van der Waals surface area contributed by atoms with Crippen molar-refractivity contribution in [2.45, 2.75) is 47.5 Å². The fraction of sp³-hybridized carbons (Fsp3) is 0.867. The molecule has 0 saturated heterocycles. The van der Waals surface area contributed by atoms with Crippen LogP contribution in [0.25, 0.3) is 0 Å². The predicted octanol–water partition coefficient (Wildman–Crippen LogP) is 1.72. The van der Waals surface area contributed by atoms with Crippen LogP contribution in [0.4, 0.5) is 0 Å². The first-order valence-electron chi connectivity index (χ1n) is 7.32. The van der Waals surface area contributed by atoms with E-state index in [1.54, 1.807) is 0 Å². The second kappa shape index (κ2) is 9.75. The summed E-state index contributed by atoms with van der Waals surface area (Å²) in [7, 11) is 0. The second-order valence-electron chi connectivity index (χ2n) is 6.65. The van der Waals surface area contributed by atoms with Crippen molar-refractivity contribution in [3.8, 4) is 0 Å². The molecule has 0 unspecified atom stereocenters. The van der Waals surface area contributed by atoms with Gasteiger partial charge in [-0.3, -0.25) is 9.59 Å². The van der Waals surface area contributed by atoms with Crippen molar-refractivity contribution in [1.29, 1.82) is 0 Å². The molecule has 2 N–H and O–H groups in total. The van der Waals surface area contributed by atoms with Crippen LogP contribution in [0.15, 0.2) is 0 Å². The summed E-state index contributed by atoms with van der Waals surface area (Å²) in [6, 6.07) is 0. The number of ether oxygens (including phenoxy) is 1. The number of carbonyl (C=O) groups excluding carboxylic acids is 2. The summed E-state index contributed by atoms with van der Waals surface area (Å²) in [4.78, 5) is 22.9. The molecule has 2 amide bonds. The van der Waals surface area contributed by atoms with E-state index < -0.39 is 0 Å². The number of carbonyl (C=O) groups is 2. The van der Waals surface area contributed by atoms with E-state index in [2.05, 4.69) is 10.6 Å². The van der Waals surface area contributed by atoms with Gasteiger partial charge in [-0.1, -0.05) is 34.6 Å². The van der Waals surface area contributed by atoms with Crippen LogP contribution >= 0.6 is 0 Å². The van der Waals surface area contributed by atoms with Gasteiger partial charge in [-0.2, -0.15) is 0 Å². The lowest BCUT2D eigenvalue weighted by atomic mass is 9.92. The van der Waals surface area contributed by atoms with E-state index in [1.165, 1.54) is 0 Å². The quantitative estimate of drug-likeness (QED) is 0.634. The molecule has 0 saturated carbocycles. The van der Waals surface area contributed by atoms with Crippen molar-refractivity contribution in [2.24, 2.45) is 11.3 Å². The Morgan fingerprint density at radius 2 is 1.50 bits per heavy atom. The number of nitrogens with one attached hydrogen (secondary N) is 2. The van der Waals surface area contributed by atoms with E-state index in [9.17, 15) is 9.59 Å². The Kier molecular flexibility index (Phi) is 9.21. The van der Waals surface area contributed by atoms with Gasteiger partial charge in [0.05, 0.1) is 13.2 Å². The van der Waals surface area contributed by atoms with E-state index in [1.807, 2.05) is 34.6 Å². The van der Waals surface area contributed by atoms with Gasteiger partial charge in [-0.05, 0) is 11.3 Å². The SMILES string of the molecule is CC(C)CC(=O)NCCOCCNC(=O)CC(C)(C)C. The highest BCUT2D eigenvalue weighted by molar-refractivity contribution is 5.76. The lowest BCUT2D eigenvalue weighted by Crippen LogP contribution is -2.32. The van der Waals surface area contributed by atoms with E-state index in [0.717, 1.165) is 0 Å². The maximum atomic E-state index is 11.5. The van der Waals surface area contributed by atoms with Gasteiger partial charge < -0.3 is 15.4 Å². The maximum Gasteiger partial charge on any atom is 0.220 e. The first kappa shape index (κ1) is 18.9. The molecule has 0 aliphatic carbocycles. The monoisotopic (exact) mass is 286 g/mol.